The normalized spacial score (nSPS) is 21.9. The summed E-state index contributed by atoms with van der Waals surface area (Å²) in [6.45, 7) is 4.12. The summed E-state index contributed by atoms with van der Waals surface area (Å²) in [6.07, 6.45) is 1.10. The molecule has 0 bridgehead atoms. The molecule has 26 heavy (non-hydrogen) atoms. The minimum Gasteiger partial charge on any atom is -0.478 e. The van der Waals surface area contributed by atoms with E-state index in [4.69, 9.17) is 9.15 Å². The number of furan rings is 1. The average Bonchev–Trinajstić information content (AvgIpc) is 3.22. The lowest BCUT2D eigenvalue weighted by Gasteiger charge is -2.35. The molecule has 10 heteroatoms. The van der Waals surface area contributed by atoms with Crippen molar-refractivity contribution >= 4 is 21.9 Å². The zero-order valence-corrected chi connectivity index (χ0v) is 15.5. The van der Waals surface area contributed by atoms with Gasteiger partial charge in [-0.15, -0.1) is 0 Å². The van der Waals surface area contributed by atoms with Crippen LogP contribution in [-0.4, -0.2) is 73.5 Å². The van der Waals surface area contributed by atoms with Crippen molar-refractivity contribution in [1.29, 1.82) is 0 Å². The van der Waals surface area contributed by atoms with Gasteiger partial charge < -0.3 is 19.2 Å². The van der Waals surface area contributed by atoms with Crippen molar-refractivity contribution in [2.24, 2.45) is 0 Å². The van der Waals surface area contributed by atoms with Crippen LogP contribution in [0.3, 0.4) is 0 Å². The number of aromatic carboxylic acids is 1. The van der Waals surface area contributed by atoms with Gasteiger partial charge in [0.15, 0.2) is 0 Å². The molecule has 1 aromatic rings. The molecule has 9 nitrogen and oxygen atoms in total. The standard InChI is InChI=1S/C16H22N2O7S/c1-10-13(16(20)21)14(11(2)25-10)26(22,23)18-7-5-17(6-8-18)15(19)12-4-3-9-24-12/h12H,3-9H2,1-2H3,(H,20,21). The van der Waals surface area contributed by atoms with Gasteiger partial charge >= 0.3 is 5.97 Å². The number of carboxylic acid groups (broad SMARTS) is 1. The SMILES string of the molecule is Cc1oc(C)c(S(=O)(=O)N2CCN(C(=O)C3CCCO3)CC2)c1C(=O)O. The largest absolute Gasteiger partial charge is 0.478 e. The molecule has 0 spiro atoms. The van der Waals surface area contributed by atoms with Gasteiger partial charge in [-0.25, -0.2) is 13.2 Å². The number of amides is 1. The third-order valence-electron chi connectivity index (χ3n) is 4.77. The van der Waals surface area contributed by atoms with Crippen LogP contribution in [0.15, 0.2) is 9.31 Å². The van der Waals surface area contributed by atoms with E-state index < -0.39 is 22.1 Å². The van der Waals surface area contributed by atoms with Crippen LogP contribution in [0, 0.1) is 13.8 Å². The summed E-state index contributed by atoms with van der Waals surface area (Å²) in [6, 6.07) is 0. The van der Waals surface area contributed by atoms with E-state index in [-0.39, 0.29) is 54.1 Å². The third-order valence-corrected chi connectivity index (χ3v) is 6.82. The maximum Gasteiger partial charge on any atom is 0.340 e. The van der Waals surface area contributed by atoms with Gasteiger partial charge in [0.05, 0.1) is 0 Å². The maximum atomic E-state index is 13.0. The Labute approximate surface area is 151 Å². The molecule has 2 aliphatic heterocycles. The minimum absolute atomic E-state index is 0.0535. The number of carbonyl (C=O) groups excluding carboxylic acids is 1. The second kappa shape index (κ2) is 7.01. The number of aryl methyl sites for hydroxylation is 2. The van der Waals surface area contributed by atoms with E-state index in [1.807, 2.05) is 0 Å². The van der Waals surface area contributed by atoms with Crippen LogP contribution in [0.25, 0.3) is 0 Å². The molecular formula is C16H22N2O7S. The highest BCUT2D eigenvalue weighted by atomic mass is 32.2. The Morgan fingerprint density at radius 2 is 1.77 bits per heavy atom. The number of carbonyl (C=O) groups is 2. The quantitative estimate of drug-likeness (QED) is 0.805. The molecule has 1 unspecified atom stereocenters. The van der Waals surface area contributed by atoms with Crippen LogP contribution < -0.4 is 0 Å². The maximum absolute atomic E-state index is 13.0. The van der Waals surface area contributed by atoms with Gasteiger partial charge in [-0.05, 0) is 26.7 Å². The summed E-state index contributed by atoms with van der Waals surface area (Å²) in [5, 5.41) is 9.35. The number of hydrogen-bond donors (Lipinski definition) is 1. The first kappa shape index (κ1) is 18.9. The smallest absolute Gasteiger partial charge is 0.340 e. The van der Waals surface area contributed by atoms with E-state index in [1.165, 1.54) is 18.2 Å². The van der Waals surface area contributed by atoms with Gasteiger partial charge in [-0.3, -0.25) is 4.79 Å². The number of sulfonamides is 1. The Kier molecular flexibility index (Phi) is 5.09. The van der Waals surface area contributed by atoms with Crippen LogP contribution in [0.5, 0.6) is 0 Å². The minimum atomic E-state index is -4.03. The zero-order valence-electron chi connectivity index (χ0n) is 14.7. The number of carboxylic acids is 1. The van der Waals surface area contributed by atoms with Crippen LogP contribution in [0.4, 0.5) is 0 Å². The third kappa shape index (κ3) is 3.24. The monoisotopic (exact) mass is 386 g/mol. The summed E-state index contributed by atoms with van der Waals surface area (Å²) < 4.78 is 37.7. The lowest BCUT2D eigenvalue weighted by atomic mass is 10.2. The van der Waals surface area contributed by atoms with Crippen molar-refractivity contribution in [3.05, 3.63) is 17.1 Å². The first-order chi connectivity index (χ1) is 12.2. The van der Waals surface area contributed by atoms with E-state index in [1.54, 1.807) is 4.90 Å². The first-order valence-electron chi connectivity index (χ1n) is 8.47. The summed E-state index contributed by atoms with van der Waals surface area (Å²) in [7, 11) is -4.03. The van der Waals surface area contributed by atoms with Gasteiger partial charge in [0.25, 0.3) is 5.91 Å². The van der Waals surface area contributed by atoms with Gasteiger partial charge in [-0.2, -0.15) is 4.31 Å². The van der Waals surface area contributed by atoms with E-state index in [0.717, 1.165) is 6.42 Å². The fraction of sp³-hybridized carbons (Fsp3) is 0.625. The number of nitrogens with zero attached hydrogens (tertiary/aromatic N) is 2. The van der Waals surface area contributed by atoms with Crippen molar-refractivity contribution < 1.29 is 32.3 Å². The molecule has 0 aromatic carbocycles. The Hall–Kier alpha value is -1.91. The van der Waals surface area contributed by atoms with Crippen molar-refractivity contribution in [3.8, 4) is 0 Å². The number of hydrogen-bond acceptors (Lipinski definition) is 6. The molecule has 2 fully saturated rings. The summed E-state index contributed by atoms with van der Waals surface area (Å²) in [5.74, 6) is -1.34. The van der Waals surface area contributed by atoms with Gasteiger partial charge in [-0.1, -0.05) is 0 Å². The predicted molar refractivity (Wildman–Crippen MR) is 89.5 cm³/mol. The molecule has 3 rings (SSSR count). The summed E-state index contributed by atoms with van der Waals surface area (Å²) >= 11 is 0. The van der Waals surface area contributed by atoms with Crippen molar-refractivity contribution in [2.45, 2.75) is 37.7 Å². The van der Waals surface area contributed by atoms with Crippen molar-refractivity contribution in [2.75, 3.05) is 32.8 Å². The molecule has 2 saturated heterocycles. The molecule has 0 aliphatic carbocycles. The molecule has 3 heterocycles. The van der Waals surface area contributed by atoms with Crippen molar-refractivity contribution in [3.63, 3.8) is 0 Å². The zero-order chi connectivity index (χ0) is 19.1. The fourth-order valence-electron chi connectivity index (χ4n) is 3.48. The Balaban J connectivity index is 1.77. The number of ether oxygens (including phenoxy) is 1. The lowest BCUT2D eigenvalue weighted by molar-refractivity contribution is -0.142. The highest BCUT2D eigenvalue weighted by Gasteiger charge is 2.38. The topological polar surface area (TPSA) is 117 Å². The molecule has 0 saturated carbocycles. The van der Waals surface area contributed by atoms with Gasteiger partial charge in [0, 0.05) is 32.8 Å². The Bertz CT molecular complexity index is 816. The molecule has 2 aliphatic rings. The van der Waals surface area contributed by atoms with E-state index in [9.17, 15) is 23.1 Å². The molecule has 144 valence electrons. The molecule has 1 aromatic heterocycles. The Morgan fingerprint density at radius 1 is 1.12 bits per heavy atom. The molecule has 1 N–H and O–H groups in total. The van der Waals surface area contributed by atoms with Crippen LogP contribution in [-0.2, 0) is 19.6 Å². The Morgan fingerprint density at radius 3 is 2.31 bits per heavy atom. The lowest BCUT2D eigenvalue weighted by Crippen LogP contribution is -2.52. The van der Waals surface area contributed by atoms with Crippen molar-refractivity contribution in [1.82, 2.24) is 9.21 Å². The average molecular weight is 386 g/mol. The second-order valence-electron chi connectivity index (χ2n) is 6.45. The van der Waals surface area contributed by atoms with Crippen LogP contribution in [0.1, 0.15) is 34.7 Å². The highest BCUT2D eigenvalue weighted by Crippen LogP contribution is 2.30. The van der Waals surface area contributed by atoms with E-state index in [0.29, 0.717) is 13.0 Å². The summed E-state index contributed by atoms with van der Waals surface area (Å²) in [4.78, 5) is 25.1. The number of rotatable bonds is 4. The predicted octanol–water partition coefficient (Wildman–Crippen LogP) is 0.607. The molecule has 0 radical (unpaired) electrons. The van der Waals surface area contributed by atoms with Gasteiger partial charge in [0.1, 0.15) is 28.1 Å². The molecule has 1 amide bonds. The first-order valence-corrected chi connectivity index (χ1v) is 9.91. The number of piperazine rings is 1. The molecule has 1 atom stereocenters. The van der Waals surface area contributed by atoms with Crippen LogP contribution in [0.2, 0.25) is 0 Å². The van der Waals surface area contributed by atoms with Crippen LogP contribution >= 0.6 is 0 Å². The second-order valence-corrected chi connectivity index (χ2v) is 8.33. The van der Waals surface area contributed by atoms with E-state index >= 15 is 0 Å². The highest BCUT2D eigenvalue weighted by molar-refractivity contribution is 7.89. The summed E-state index contributed by atoms with van der Waals surface area (Å²) in [5.41, 5.74) is -0.333. The molecular weight excluding hydrogens is 364 g/mol. The van der Waals surface area contributed by atoms with Gasteiger partial charge in [0.2, 0.25) is 10.0 Å². The fourth-order valence-corrected chi connectivity index (χ4v) is 5.27. The van der Waals surface area contributed by atoms with E-state index in [2.05, 4.69) is 0 Å².